The van der Waals surface area contributed by atoms with Crippen molar-refractivity contribution >= 4 is 22.6 Å². The summed E-state index contributed by atoms with van der Waals surface area (Å²) in [5, 5.41) is 4.34. The molecule has 0 fully saturated rings. The molecule has 16 heavy (non-hydrogen) atoms. The van der Waals surface area contributed by atoms with Crippen LogP contribution in [0.5, 0.6) is 5.75 Å². The molecule has 0 aliphatic carbocycles. The summed E-state index contributed by atoms with van der Waals surface area (Å²) in [7, 11) is 1.67. The number of methoxy groups -OCH3 is 1. The lowest BCUT2D eigenvalue weighted by atomic mass is 10.3. The summed E-state index contributed by atoms with van der Waals surface area (Å²) in [4.78, 5) is 4.58. The van der Waals surface area contributed by atoms with Gasteiger partial charge in [0.05, 0.1) is 13.2 Å². The Morgan fingerprint density at radius 1 is 1.44 bits per heavy atom. The molecule has 0 saturated carbocycles. The molecule has 0 amide bonds. The summed E-state index contributed by atoms with van der Waals surface area (Å²) in [6, 6.07) is 8.37. The molecule has 0 radical (unpaired) electrons. The maximum absolute atomic E-state index is 5.11. The first-order valence-electron chi connectivity index (χ1n) is 5.43. The SMILES string of the molecule is CC[C@@H]1CSC(Nc2ccc(OC)cc2)=N1. The standard InChI is InChI=1S/C12H16N2OS/c1-3-9-8-16-12(13-9)14-10-4-6-11(15-2)7-5-10/h4-7,9H,3,8H2,1-2H3,(H,13,14)/t9-/m1/s1. The fourth-order valence-corrected chi connectivity index (χ4v) is 2.56. The maximum atomic E-state index is 5.11. The first-order valence-corrected chi connectivity index (χ1v) is 6.42. The predicted molar refractivity (Wildman–Crippen MR) is 70.6 cm³/mol. The first kappa shape index (κ1) is 11.3. The number of rotatable bonds is 3. The molecule has 86 valence electrons. The van der Waals surface area contributed by atoms with Gasteiger partial charge in [0.15, 0.2) is 5.17 Å². The Balaban J connectivity index is 1.99. The zero-order valence-electron chi connectivity index (χ0n) is 9.56. The fraction of sp³-hybridized carbons (Fsp3) is 0.417. The van der Waals surface area contributed by atoms with Gasteiger partial charge in [0.2, 0.25) is 0 Å². The molecular formula is C12H16N2OS. The highest BCUT2D eigenvalue weighted by Gasteiger charge is 2.16. The molecule has 1 aliphatic heterocycles. The van der Waals surface area contributed by atoms with Gasteiger partial charge in [0.25, 0.3) is 0 Å². The molecular weight excluding hydrogens is 220 g/mol. The highest BCUT2D eigenvalue weighted by molar-refractivity contribution is 8.14. The lowest BCUT2D eigenvalue weighted by Gasteiger charge is -2.05. The van der Waals surface area contributed by atoms with Crippen molar-refractivity contribution < 1.29 is 4.74 Å². The van der Waals surface area contributed by atoms with Crippen LogP contribution in [0, 0.1) is 0 Å². The lowest BCUT2D eigenvalue weighted by molar-refractivity contribution is 0.415. The van der Waals surface area contributed by atoms with E-state index in [0.717, 1.165) is 28.8 Å². The molecule has 0 spiro atoms. The van der Waals surface area contributed by atoms with Crippen molar-refractivity contribution in [2.24, 2.45) is 4.99 Å². The zero-order valence-corrected chi connectivity index (χ0v) is 10.4. The van der Waals surface area contributed by atoms with E-state index in [2.05, 4.69) is 17.2 Å². The van der Waals surface area contributed by atoms with Gasteiger partial charge >= 0.3 is 0 Å². The quantitative estimate of drug-likeness (QED) is 0.876. The largest absolute Gasteiger partial charge is 0.497 e. The van der Waals surface area contributed by atoms with Crippen LogP contribution in [-0.2, 0) is 0 Å². The molecule has 0 unspecified atom stereocenters. The van der Waals surface area contributed by atoms with Gasteiger partial charge in [-0.2, -0.15) is 0 Å². The van der Waals surface area contributed by atoms with Crippen molar-refractivity contribution in [2.45, 2.75) is 19.4 Å². The van der Waals surface area contributed by atoms with E-state index in [1.165, 1.54) is 0 Å². The maximum Gasteiger partial charge on any atom is 0.161 e. The van der Waals surface area contributed by atoms with Crippen LogP contribution in [0.3, 0.4) is 0 Å². The number of aliphatic imine (C=N–C) groups is 1. The Morgan fingerprint density at radius 2 is 2.19 bits per heavy atom. The van der Waals surface area contributed by atoms with Gasteiger partial charge in [0, 0.05) is 11.4 Å². The molecule has 3 nitrogen and oxygen atoms in total. The van der Waals surface area contributed by atoms with E-state index in [-0.39, 0.29) is 0 Å². The number of nitrogens with zero attached hydrogens (tertiary/aromatic N) is 1. The van der Waals surface area contributed by atoms with Crippen LogP contribution in [0.2, 0.25) is 0 Å². The topological polar surface area (TPSA) is 33.6 Å². The molecule has 1 aromatic carbocycles. The third-order valence-electron chi connectivity index (χ3n) is 2.52. The van der Waals surface area contributed by atoms with Crippen molar-refractivity contribution in [1.82, 2.24) is 0 Å². The van der Waals surface area contributed by atoms with Crippen LogP contribution in [0.4, 0.5) is 5.69 Å². The Labute approximate surface area is 100 Å². The average molecular weight is 236 g/mol. The summed E-state index contributed by atoms with van der Waals surface area (Å²) >= 11 is 1.79. The van der Waals surface area contributed by atoms with Crippen LogP contribution in [0.1, 0.15) is 13.3 Å². The lowest BCUT2D eigenvalue weighted by Crippen LogP contribution is -2.05. The number of benzene rings is 1. The minimum Gasteiger partial charge on any atom is -0.497 e. The van der Waals surface area contributed by atoms with Crippen molar-refractivity contribution in [3.05, 3.63) is 24.3 Å². The van der Waals surface area contributed by atoms with Gasteiger partial charge in [-0.1, -0.05) is 18.7 Å². The highest BCUT2D eigenvalue weighted by atomic mass is 32.2. The number of hydrogen-bond donors (Lipinski definition) is 1. The molecule has 0 saturated heterocycles. The second-order valence-electron chi connectivity index (χ2n) is 3.66. The smallest absolute Gasteiger partial charge is 0.161 e. The van der Waals surface area contributed by atoms with Gasteiger partial charge in [0.1, 0.15) is 5.75 Å². The fourth-order valence-electron chi connectivity index (χ4n) is 1.49. The number of ether oxygens (including phenoxy) is 1. The van der Waals surface area contributed by atoms with E-state index in [4.69, 9.17) is 4.74 Å². The van der Waals surface area contributed by atoms with Crippen molar-refractivity contribution in [3.8, 4) is 5.75 Å². The Bertz CT molecular complexity index is 375. The van der Waals surface area contributed by atoms with Gasteiger partial charge in [-0.3, -0.25) is 4.99 Å². The molecule has 1 N–H and O–H groups in total. The van der Waals surface area contributed by atoms with Gasteiger partial charge < -0.3 is 10.1 Å². The van der Waals surface area contributed by atoms with E-state index in [1.807, 2.05) is 24.3 Å². The van der Waals surface area contributed by atoms with Gasteiger partial charge in [-0.25, -0.2) is 0 Å². The average Bonchev–Trinajstić information content (AvgIpc) is 2.78. The second-order valence-corrected chi connectivity index (χ2v) is 4.67. The molecule has 1 atom stereocenters. The monoisotopic (exact) mass is 236 g/mol. The predicted octanol–water partition coefficient (Wildman–Crippen LogP) is 2.99. The summed E-state index contributed by atoms with van der Waals surface area (Å²) in [5.41, 5.74) is 1.06. The van der Waals surface area contributed by atoms with E-state index in [0.29, 0.717) is 6.04 Å². The van der Waals surface area contributed by atoms with E-state index >= 15 is 0 Å². The van der Waals surface area contributed by atoms with Crippen LogP contribution in [-0.4, -0.2) is 24.1 Å². The molecule has 0 bridgehead atoms. The van der Waals surface area contributed by atoms with Gasteiger partial charge in [-0.15, -0.1) is 0 Å². The number of amidine groups is 1. The van der Waals surface area contributed by atoms with E-state index in [1.54, 1.807) is 18.9 Å². The second kappa shape index (κ2) is 5.25. The van der Waals surface area contributed by atoms with Crippen LogP contribution in [0.15, 0.2) is 29.3 Å². The summed E-state index contributed by atoms with van der Waals surface area (Å²) in [5.74, 6) is 1.97. The number of anilines is 1. The number of hydrogen-bond acceptors (Lipinski definition) is 4. The van der Waals surface area contributed by atoms with Gasteiger partial charge in [-0.05, 0) is 30.7 Å². The molecule has 1 aliphatic rings. The highest BCUT2D eigenvalue weighted by Crippen LogP contribution is 2.22. The molecule has 1 heterocycles. The summed E-state index contributed by atoms with van der Waals surface area (Å²) < 4.78 is 5.11. The molecule has 4 heteroatoms. The minimum absolute atomic E-state index is 0.478. The molecule has 0 aromatic heterocycles. The molecule has 1 aromatic rings. The number of thioether (sulfide) groups is 1. The zero-order chi connectivity index (χ0) is 11.4. The minimum atomic E-state index is 0.478. The summed E-state index contributed by atoms with van der Waals surface area (Å²) in [6.45, 7) is 2.17. The van der Waals surface area contributed by atoms with Crippen molar-refractivity contribution in [1.29, 1.82) is 0 Å². The van der Waals surface area contributed by atoms with Crippen molar-refractivity contribution in [2.75, 3.05) is 18.2 Å². The van der Waals surface area contributed by atoms with Crippen LogP contribution < -0.4 is 10.1 Å². The number of nitrogens with one attached hydrogen (secondary N) is 1. The van der Waals surface area contributed by atoms with Crippen LogP contribution in [0.25, 0.3) is 0 Å². The van der Waals surface area contributed by atoms with E-state index in [9.17, 15) is 0 Å². The third kappa shape index (κ3) is 2.70. The summed E-state index contributed by atoms with van der Waals surface area (Å²) in [6.07, 6.45) is 1.11. The van der Waals surface area contributed by atoms with Crippen LogP contribution >= 0.6 is 11.8 Å². The Hall–Kier alpha value is -1.16. The third-order valence-corrected chi connectivity index (χ3v) is 3.56. The first-order chi connectivity index (χ1) is 7.81. The van der Waals surface area contributed by atoms with Crippen molar-refractivity contribution in [3.63, 3.8) is 0 Å². The normalized spacial score (nSPS) is 19.4. The molecule has 2 rings (SSSR count). The van der Waals surface area contributed by atoms with E-state index < -0.39 is 0 Å². The Kier molecular flexibility index (Phi) is 3.72. The Morgan fingerprint density at radius 3 is 2.75 bits per heavy atom.